The maximum atomic E-state index is 13.3. The number of nitrogens with two attached hydrogens (primary N) is 1. The molecule has 1 fully saturated rings. The highest BCUT2D eigenvalue weighted by Crippen LogP contribution is 2.28. The molecule has 1 amide bonds. The second-order valence-corrected chi connectivity index (χ2v) is 13.0. The van der Waals surface area contributed by atoms with Gasteiger partial charge in [0, 0.05) is 24.7 Å². The first-order valence-corrected chi connectivity index (χ1v) is 15.3. The molecule has 10 nitrogen and oxygen atoms in total. The predicted molar refractivity (Wildman–Crippen MR) is 137 cm³/mol. The summed E-state index contributed by atoms with van der Waals surface area (Å²) in [6.07, 6.45) is 0.863. The third-order valence-electron chi connectivity index (χ3n) is 5.76. The molecule has 1 aromatic heterocycles. The van der Waals surface area contributed by atoms with Gasteiger partial charge in [-0.2, -0.15) is 9.30 Å². The van der Waals surface area contributed by atoms with Crippen molar-refractivity contribution in [2.24, 2.45) is 10.1 Å². The number of hydrogen-bond donors (Lipinski definition) is 1. The lowest BCUT2D eigenvalue weighted by Gasteiger charge is -2.21. The normalized spacial score (nSPS) is 17.8. The van der Waals surface area contributed by atoms with Crippen molar-refractivity contribution in [1.82, 2.24) is 8.87 Å². The largest absolute Gasteiger partial charge is 0.380 e. The Morgan fingerprint density at radius 2 is 1.86 bits per heavy atom. The average molecular weight is 573 g/mol. The van der Waals surface area contributed by atoms with Gasteiger partial charge >= 0.3 is 0 Å². The molecule has 1 unspecified atom stereocenters. The monoisotopic (exact) mass is 572 g/mol. The molecule has 1 atom stereocenters. The first-order chi connectivity index (χ1) is 17.0. The molecule has 1 aliphatic heterocycles. The highest BCUT2D eigenvalue weighted by atomic mass is 35.5. The zero-order valence-corrected chi connectivity index (χ0v) is 22.5. The van der Waals surface area contributed by atoms with Crippen molar-refractivity contribution in [3.05, 3.63) is 52.3 Å². The van der Waals surface area contributed by atoms with Crippen LogP contribution in [-0.4, -0.2) is 57.4 Å². The number of fused-ring (bicyclic) bond motifs is 1. The Hall–Kier alpha value is -2.13. The Morgan fingerprint density at radius 1 is 1.17 bits per heavy atom. The fourth-order valence-corrected chi connectivity index (χ4v) is 7.51. The smallest absolute Gasteiger partial charge is 0.266 e. The van der Waals surface area contributed by atoms with E-state index in [1.165, 1.54) is 40.7 Å². The van der Waals surface area contributed by atoms with Gasteiger partial charge in [-0.1, -0.05) is 22.9 Å². The molecule has 14 heteroatoms. The van der Waals surface area contributed by atoms with E-state index in [1.54, 1.807) is 10.6 Å². The van der Waals surface area contributed by atoms with Crippen molar-refractivity contribution in [3.63, 3.8) is 0 Å². The minimum Gasteiger partial charge on any atom is -0.380 e. The number of rotatable bonds is 8. The molecule has 3 aromatic rings. The summed E-state index contributed by atoms with van der Waals surface area (Å²) in [4.78, 5) is 17.9. The van der Waals surface area contributed by atoms with E-state index in [2.05, 4.69) is 4.99 Å². The number of benzene rings is 2. The quantitative estimate of drug-likeness (QED) is 0.411. The van der Waals surface area contributed by atoms with E-state index >= 15 is 0 Å². The van der Waals surface area contributed by atoms with Crippen LogP contribution in [0.3, 0.4) is 0 Å². The highest BCUT2D eigenvalue weighted by molar-refractivity contribution is 7.89. The van der Waals surface area contributed by atoms with Gasteiger partial charge in [0.15, 0.2) is 4.80 Å². The molecule has 36 heavy (non-hydrogen) atoms. The van der Waals surface area contributed by atoms with Gasteiger partial charge in [0.2, 0.25) is 20.0 Å². The number of aromatic nitrogens is 1. The summed E-state index contributed by atoms with van der Waals surface area (Å²) in [6.45, 7) is 3.28. The third-order valence-corrected chi connectivity index (χ3v) is 9.89. The van der Waals surface area contributed by atoms with E-state index in [9.17, 15) is 21.6 Å². The standard InChI is InChI=1S/C22H25ClN4O6S3/c1-2-33-13-12-26-18-10-9-17(35(24,29)30)14-20(18)34-22(26)25-21(28)19-4-3-11-27(19)36(31,32)16-7-5-15(23)6-8-16/h5-10,14,19H,2-4,11-13H2,1H3,(H2,24,29,30). The molecule has 0 aliphatic carbocycles. The molecule has 4 rings (SSSR count). The van der Waals surface area contributed by atoms with Gasteiger partial charge in [0.05, 0.1) is 26.6 Å². The van der Waals surface area contributed by atoms with Gasteiger partial charge in [-0.05, 0) is 62.2 Å². The highest BCUT2D eigenvalue weighted by Gasteiger charge is 2.39. The first kappa shape index (κ1) is 26.9. The summed E-state index contributed by atoms with van der Waals surface area (Å²) in [7, 11) is -7.84. The van der Waals surface area contributed by atoms with Crippen LogP contribution in [0.5, 0.6) is 0 Å². The molecule has 0 saturated carbocycles. The number of hydrogen-bond acceptors (Lipinski definition) is 7. The summed E-state index contributed by atoms with van der Waals surface area (Å²) in [5, 5.41) is 5.68. The first-order valence-electron chi connectivity index (χ1n) is 11.1. The fourth-order valence-electron chi connectivity index (χ4n) is 4.02. The van der Waals surface area contributed by atoms with Crippen LogP contribution in [0.25, 0.3) is 10.2 Å². The SMILES string of the molecule is CCOCCn1c(=NC(=O)C2CCCN2S(=O)(=O)c2ccc(Cl)cc2)sc2cc(S(N)(=O)=O)ccc21. The van der Waals surface area contributed by atoms with Crippen molar-refractivity contribution >= 4 is 59.1 Å². The van der Waals surface area contributed by atoms with Crippen LogP contribution >= 0.6 is 22.9 Å². The summed E-state index contributed by atoms with van der Waals surface area (Å²) < 4.78 is 59.0. The Bertz CT molecular complexity index is 1560. The number of thiazole rings is 1. The number of carbonyl (C=O) groups is 1. The Kier molecular flexibility index (Phi) is 8.00. The van der Waals surface area contributed by atoms with Crippen LogP contribution < -0.4 is 9.94 Å². The Balaban J connectivity index is 1.73. The number of amides is 1. The van der Waals surface area contributed by atoms with Gasteiger partial charge in [-0.25, -0.2) is 22.0 Å². The Morgan fingerprint density at radius 3 is 2.53 bits per heavy atom. The van der Waals surface area contributed by atoms with E-state index in [0.29, 0.717) is 52.6 Å². The summed E-state index contributed by atoms with van der Waals surface area (Å²) in [5.41, 5.74) is 0.663. The summed E-state index contributed by atoms with van der Waals surface area (Å²) >= 11 is 7.01. The van der Waals surface area contributed by atoms with Crippen LogP contribution in [0.4, 0.5) is 0 Å². The van der Waals surface area contributed by atoms with Gasteiger partial charge in [0.1, 0.15) is 6.04 Å². The zero-order valence-electron chi connectivity index (χ0n) is 19.3. The summed E-state index contributed by atoms with van der Waals surface area (Å²) in [5.74, 6) is -0.589. The lowest BCUT2D eigenvalue weighted by molar-refractivity contribution is -0.121. The lowest BCUT2D eigenvalue weighted by Crippen LogP contribution is -2.40. The molecular formula is C22H25ClN4O6S3. The number of nitrogens with zero attached hydrogens (tertiary/aromatic N) is 3. The molecule has 2 aromatic carbocycles. The van der Waals surface area contributed by atoms with E-state index in [4.69, 9.17) is 21.5 Å². The molecule has 1 saturated heterocycles. The molecule has 2 N–H and O–H groups in total. The van der Waals surface area contributed by atoms with Gasteiger partial charge in [-0.3, -0.25) is 4.79 Å². The average Bonchev–Trinajstić information content (AvgIpc) is 3.44. The van der Waals surface area contributed by atoms with E-state index in [0.717, 1.165) is 11.3 Å². The predicted octanol–water partition coefficient (Wildman–Crippen LogP) is 2.32. The minimum atomic E-state index is -3.93. The fraction of sp³-hybridized carbons (Fsp3) is 0.364. The number of sulfonamides is 2. The number of halogens is 1. The van der Waals surface area contributed by atoms with Crippen LogP contribution in [-0.2, 0) is 36.1 Å². The number of primary sulfonamides is 1. The molecule has 194 valence electrons. The second kappa shape index (κ2) is 10.7. The molecule has 0 bridgehead atoms. The molecule has 2 heterocycles. The Labute approximate surface area is 218 Å². The van der Waals surface area contributed by atoms with Crippen molar-refractivity contribution in [2.75, 3.05) is 19.8 Å². The van der Waals surface area contributed by atoms with Crippen LogP contribution in [0.1, 0.15) is 19.8 Å². The van der Waals surface area contributed by atoms with Gasteiger partial charge < -0.3 is 9.30 Å². The molecule has 1 aliphatic rings. The second-order valence-electron chi connectivity index (χ2n) is 8.09. The van der Waals surface area contributed by atoms with E-state index in [-0.39, 0.29) is 16.3 Å². The van der Waals surface area contributed by atoms with Crippen molar-refractivity contribution in [2.45, 2.75) is 42.1 Å². The maximum Gasteiger partial charge on any atom is 0.266 e. The zero-order chi connectivity index (χ0) is 26.1. The van der Waals surface area contributed by atoms with Crippen LogP contribution in [0, 0.1) is 0 Å². The third kappa shape index (κ3) is 5.57. The topological polar surface area (TPSA) is 141 Å². The molecular weight excluding hydrogens is 548 g/mol. The van der Waals surface area contributed by atoms with Crippen LogP contribution in [0.2, 0.25) is 5.02 Å². The van der Waals surface area contributed by atoms with Crippen molar-refractivity contribution in [3.8, 4) is 0 Å². The minimum absolute atomic E-state index is 0.0516. The molecule has 0 spiro atoms. The maximum absolute atomic E-state index is 13.3. The van der Waals surface area contributed by atoms with Gasteiger partial charge in [-0.15, -0.1) is 0 Å². The lowest BCUT2D eigenvalue weighted by atomic mass is 10.2. The van der Waals surface area contributed by atoms with Crippen molar-refractivity contribution < 1.29 is 26.4 Å². The van der Waals surface area contributed by atoms with Gasteiger partial charge in [0.25, 0.3) is 5.91 Å². The number of carbonyl (C=O) groups excluding carboxylic acids is 1. The van der Waals surface area contributed by atoms with Crippen molar-refractivity contribution in [1.29, 1.82) is 0 Å². The summed E-state index contributed by atoms with van der Waals surface area (Å²) in [6, 6.07) is 9.27. The number of ether oxygens (including phenoxy) is 1. The molecule has 0 radical (unpaired) electrons. The van der Waals surface area contributed by atoms with E-state index < -0.39 is 32.0 Å². The van der Waals surface area contributed by atoms with E-state index in [1.807, 2.05) is 6.92 Å². The van der Waals surface area contributed by atoms with Crippen LogP contribution in [0.15, 0.2) is 57.2 Å².